The average Bonchev–Trinajstić information content (AvgIpc) is 3.15. The first-order chi connectivity index (χ1) is 10.7. The Morgan fingerprint density at radius 2 is 1.68 bits per heavy atom. The summed E-state index contributed by atoms with van der Waals surface area (Å²) in [6.45, 7) is 0. The lowest BCUT2D eigenvalue weighted by Crippen LogP contribution is -1.90. The highest BCUT2D eigenvalue weighted by Crippen LogP contribution is 2.30. The number of hydrogen-bond donors (Lipinski definition) is 1. The van der Waals surface area contributed by atoms with Crippen molar-refractivity contribution in [1.82, 2.24) is 19.6 Å². The fraction of sp³-hybridized carbons (Fsp3) is 0. The third-order valence-electron chi connectivity index (χ3n) is 3.54. The maximum Gasteiger partial charge on any atom is 0.217 e. The summed E-state index contributed by atoms with van der Waals surface area (Å²) in [5.74, 6) is -0.726. The second-order valence-corrected chi connectivity index (χ2v) is 4.89. The van der Waals surface area contributed by atoms with Gasteiger partial charge in [-0.05, 0) is 36.4 Å². The summed E-state index contributed by atoms with van der Waals surface area (Å²) in [6, 6.07) is 9.70. The number of halogens is 2. The van der Waals surface area contributed by atoms with E-state index in [4.69, 9.17) is 0 Å². The van der Waals surface area contributed by atoms with Gasteiger partial charge in [-0.15, -0.1) is 0 Å². The number of aromatic nitrogens is 4. The predicted molar refractivity (Wildman–Crippen MR) is 78.1 cm³/mol. The summed E-state index contributed by atoms with van der Waals surface area (Å²) >= 11 is 0. The zero-order valence-corrected chi connectivity index (χ0v) is 11.3. The van der Waals surface area contributed by atoms with Gasteiger partial charge >= 0.3 is 0 Å². The van der Waals surface area contributed by atoms with Gasteiger partial charge in [-0.2, -0.15) is 9.49 Å². The van der Waals surface area contributed by atoms with E-state index in [9.17, 15) is 8.78 Å². The highest BCUT2D eigenvalue weighted by atomic mass is 19.1. The topological polar surface area (TPSA) is 46.0 Å². The zero-order chi connectivity index (χ0) is 15.1. The van der Waals surface area contributed by atoms with Crippen molar-refractivity contribution in [1.29, 1.82) is 0 Å². The summed E-state index contributed by atoms with van der Waals surface area (Å²) in [5, 5.41) is 6.96. The van der Waals surface area contributed by atoms with E-state index in [1.54, 1.807) is 30.6 Å². The SMILES string of the molecule is Fc1ccc(-c2[nH]ncc2-c2ccc3ncc(F)n3c2)cc1. The molecule has 0 radical (unpaired) electrons. The molecule has 108 valence electrons. The Labute approximate surface area is 124 Å². The summed E-state index contributed by atoms with van der Waals surface area (Å²) in [6.07, 6.45) is 4.50. The van der Waals surface area contributed by atoms with Crippen LogP contribution in [-0.2, 0) is 0 Å². The van der Waals surface area contributed by atoms with Crippen LogP contribution in [0.4, 0.5) is 8.78 Å². The lowest BCUT2D eigenvalue weighted by atomic mass is 10.0. The van der Waals surface area contributed by atoms with Crippen LogP contribution in [0.25, 0.3) is 28.0 Å². The fourth-order valence-corrected chi connectivity index (χ4v) is 2.45. The van der Waals surface area contributed by atoms with Gasteiger partial charge in [-0.3, -0.25) is 9.50 Å². The molecule has 0 fully saturated rings. The summed E-state index contributed by atoms with van der Waals surface area (Å²) in [7, 11) is 0. The van der Waals surface area contributed by atoms with Crippen LogP contribution in [0.15, 0.2) is 55.0 Å². The van der Waals surface area contributed by atoms with Crippen LogP contribution >= 0.6 is 0 Å². The average molecular weight is 296 g/mol. The van der Waals surface area contributed by atoms with Crippen molar-refractivity contribution >= 4 is 5.65 Å². The lowest BCUT2D eigenvalue weighted by Gasteiger charge is -2.05. The Bertz CT molecular complexity index is 954. The van der Waals surface area contributed by atoms with Crippen molar-refractivity contribution in [3.63, 3.8) is 0 Å². The van der Waals surface area contributed by atoms with Crippen LogP contribution in [0.3, 0.4) is 0 Å². The molecule has 0 saturated carbocycles. The van der Waals surface area contributed by atoms with Crippen LogP contribution in [-0.4, -0.2) is 19.6 Å². The lowest BCUT2D eigenvalue weighted by molar-refractivity contribution is 0.573. The van der Waals surface area contributed by atoms with Crippen molar-refractivity contribution in [3.05, 3.63) is 66.8 Å². The normalized spacial score (nSPS) is 11.2. The molecule has 0 unspecified atom stereocenters. The van der Waals surface area contributed by atoms with Gasteiger partial charge in [0.15, 0.2) is 0 Å². The van der Waals surface area contributed by atoms with Gasteiger partial charge in [0.05, 0.1) is 18.1 Å². The maximum atomic E-state index is 13.7. The highest BCUT2D eigenvalue weighted by Gasteiger charge is 2.12. The Kier molecular flexibility index (Phi) is 2.75. The molecule has 0 spiro atoms. The number of hydrogen-bond acceptors (Lipinski definition) is 2. The number of benzene rings is 1. The molecular formula is C16H10F2N4. The second-order valence-electron chi connectivity index (χ2n) is 4.89. The molecule has 3 aromatic heterocycles. The van der Waals surface area contributed by atoms with Crippen molar-refractivity contribution in [2.45, 2.75) is 0 Å². The maximum absolute atomic E-state index is 13.7. The van der Waals surface area contributed by atoms with Gasteiger partial charge in [-0.25, -0.2) is 9.37 Å². The third kappa shape index (κ3) is 1.96. The van der Waals surface area contributed by atoms with Gasteiger partial charge < -0.3 is 0 Å². The van der Waals surface area contributed by atoms with Crippen molar-refractivity contribution in [2.75, 3.05) is 0 Å². The van der Waals surface area contributed by atoms with E-state index in [0.717, 1.165) is 22.4 Å². The van der Waals surface area contributed by atoms with Gasteiger partial charge in [0, 0.05) is 22.9 Å². The van der Waals surface area contributed by atoms with E-state index in [1.165, 1.54) is 22.7 Å². The number of rotatable bonds is 2. The molecule has 22 heavy (non-hydrogen) atoms. The van der Waals surface area contributed by atoms with E-state index in [0.29, 0.717) is 5.65 Å². The van der Waals surface area contributed by atoms with Crippen LogP contribution in [0, 0.1) is 11.8 Å². The third-order valence-corrected chi connectivity index (χ3v) is 3.54. The van der Waals surface area contributed by atoms with E-state index in [-0.39, 0.29) is 5.82 Å². The zero-order valence-electron chi connectivity index (χ0n) is 11.3. The van der Waals surface area contributed by atoms with Gasteiger partial charge in [0.25, 0.3) is 0 Å². The van der Waals surface area contributed by atoms with Crippen LogP contribution in [0.1, 0.15) is 0 Å². The Morgan fingerprint density at radius 3 is 2.50 bits per heavy atom. The molecule has 1 aromatic carbocycles. The molecule has 0 aliphatic heterocycles. The Balaban J connectivity index is 1.87. The molecular weight excluding hydrogens is 286 g/mol. The number of H-pyrrole nitrogens is 1. The molecule has 3 heterocycles. The Hall–Kier alpha value is -3.02. The summed E-state index contributed by atoms with van der Waals surface area (Å²) in [5.41, 5.74) is 3.69. The van der Waals surface area contributed by atoms with E-state index in [1.807, 2.05) is 6.07 Å². The van der Waals surface area contributed by atoms with E-state index in [2.05, 4.69) is 15.2 Å². The highest BCUT2D eigenvalue weighted by molar-refractivity contribution is 5.80. The fourth-order valence-electron chi connectivity index (χ4n) is 2.45. The molecule has 4 rings (SSSR count). The van der Waals surface area contributed by atoms with Crippen LogP contribution < -0.4 is 0 Å². The number of nitrogens with zero attached hydrogens (tertiary/aromatic N) is 3. The largest absolute Gasteiger partial charge is 0.277 e. The summed E-state index contributed by atoms with van der Waals surface area (Å²) in [4.78, 5) is 3.95. The smallest absolute Gasteiger partial charge is 0.217 e. The molecule has 0 atom stereocenters. The molecule has 0 bridgehead atoms. The molecule has 1 N–H and O–H groups in total. The summed E-state index contributed by atoms with van der Waals surface area (Å²) < 4.78 is 28.1. The van der Waals surface area contributed by atoms with Gasteiger partial charge in [-0.1, -0.05) is 0 Å². The minimum Gasteiger partial charge on any atom is -0.277 e. The first-order valence-electron chi connectivity index (χ1n) is 6.65. The Morgan fingerprint density at radius 1 is 0.909 bits per heavy atom. The standard InChI is InChI=1S/C16H10F2N4/c17-12-4-1-10(2-5-12)16-13(7-20-21-16)11-3-6-15-19-8-14(18)22(15)9-11/h1-9H,(H,20,21). The van der Waals surface area contributed by atoms with E-state index < -0.39 is 5.95 Å². The number of nitrogens with one attached hydrogen (secondary N) is 1. The van der Waals surface area contributed by atoms with Crippen molar-refractivity contribution in [2.24, 2.45) is 0 Å². The first-order valence-corrected chi connectivity index (χ1v) is 6.65. The number of imidazole rings is 1. The van der Waals surface area contributed by atoms with Crippen molar-refractivity contribution in [3.8, 4) is 22.4 Å². The predicted octanol–water partition coefficient (Wildman–Crippen LogP) is 3.67. The monoisotopic (exact) mass is 296 g/mol. The minimum atomic E-state index is -0.427. The quantitative estimate of drug-likeness (QED) is 0.613. The second kappa shape index (κ2) is 4.77. The number of aromatic amines is 1. The van der Waals surface area contributed by atoms with Crippen molar-refractivity contribution < 1.29 is 8.78 Å². The van der Waals surface area contributed by atoms with E-state index >= 15 is 0 Å². The molecule has 0 aliphatic rings. The number of pyridine rings is 1. The minimum absolute atomic E-state index is 0.299. The molecule has 0 amide bonds. The molecule has 4 nitrogen and oxygen atoms in total. The molecule has 0 saturated heterocycles. The molecule has 4 aromatic rings. The van der Waals surface area contributed by atoms with Gasteiger partial charge in [0.1, 0.15) is 11.5 Å². The van der Waals surface area contributed by atoms with Gasteiger partial charge in [0.2, 0.25) is 5.95 Å². The number of fused-ring (bicyclic) bond motifs is 1. The molecule has 0 aliphatic carbocycles. The van der Waals surface area contributed by atoms with Crippen LogP contribution in [0.2, 0.25) is 0 Å². The first kappa shape index (κ1) is 12.7. The molecule has 6 heteroatoms. The van der Waals surface area contributed by atoms with Crippen LogP contribution in [0.5, 0.6) is 0 Å².